The summed E-state index contributed by atoms with van der Waals surface area (Å²) in [4.78, 5) is 18.2. The lowest BCUT2D eigenvalue weighted by molar-refractivity contribution is 0.104. The lowest BCUT2D eigenvalue weighted by atomic mass is 10.0. The SMILES string of the molecule is Cc1cc(C(=O)c2csc(C)c2)c2ccccc2n1. The monoisotopic (exact) mass is 267 g/mol. The molecule has 2 heterocycles. The Labute approximate surface area is 115 Å². The largest absolute Gasteiger partial charge is 0.289 e. The van der Waals surface area contributed by atoms with Gasteiger partial charge in [0.1, 0.15) is 0 Å². The van der Waals surface area contributed by atoms with E-state index in [1.165, 1.54) is 0 Å². The molecule has 1 aromatic carbocycles. The highest BCUT2D eigenvalue weighted by molar-refractivity contribution is 7.10. The second kappa shape index (κ2) is 4.59. The first-order chi connectivity index (χ1) is 9.15. The van der Waals surface area contributed by atoms with Gasteiger partial charge in [0.15, 0.2) is 5.78 Å². The first-order valence-corrected chi connectivity index (χ1v) is 6.99. The van der Waals surface area contributed by atoms with Crippen molar-refractivity contribution in [2.75, 3.05) is 0 Å². The van der Waals surface area contributed by atoms with E-state index in [1.807, 2.05) is 55.6 Å². The van der Waals surface area contributed by atoms with Gasteiger partial charge in [-0.05, 0) is 32.0 Å². The van der Waals surface area contributed by atoms with Gasteiger partial charge in [-0.25, -0.2) is 0 Å². The Morgan fingerprint density at radius 1 is 1.16 bits per heavy atom. The smallest absolute Gasteiger partial charge is 0.194 e. The predicted octanol–water partition coefficient (Wildman–Crippen LogP) is 4.14. The summed E-state index contributed by atoms with van der Waals surface area (Å²) in [6, 6.07) is 11.6. The van der Waals surface area contributed by atoms with Crippen molar-refractivity contribution in [3.8, 4) is 0 Å². The van der Waals surface area contributed by atoms with Crippen LogP contribution in [0.4, 0.5) is 0 Å². The highest BCUT2D eigenvalue weighted by atomic mass is 32.1. The van der Waals surface area contributed by atoms with E-state index in [0.29, 0.717) is 0 Å². The lowest BCUT2D eigenvalue weighted by Gasteiger charge is -2.06. The third kappa shape index (κ3) is 2.17. The van der Waals surface area contributed by atoms with Crippen LogP contribution in [0.2, 0.25) is 0 Å². The predicted molar refractivity (Wildman–Crippen MR) is 79.0 cm³/mol. The van der Waals surface area contributed by atoms with Crippen LogP contribution < -0.4 is 0 Å². The second-order valence-corrected chi connectivity index (χ2v) is 5.72. The molecule has 0 fully saturated rings. The molecule has 3 aromatic rings. The molecule has 2 nitrogen and oxygen atoms in total. The van der Waals surface area contributed by atoms with E-state index in [0.717, 1.165) is 32.6 Å². The molecule has 0 saturated carbocycles. The fourth-order valence-electron chi connectivity index (χ4n) is 2.21. The van der Waals surface area contributed by atoms with Crippen molar-refractivity contribution in [2.24, 2.45) is 0 Å². The van der Waals surface area contributed by atoms with E-state index < -0.39 is 0 Å². The number of pyridine rings is 1. The molecular weight excluding hydrogens is 254 g/mol. The van der Waals surface area contributed by atoms with Crippen LogP contribution in [0, 0.1) is 13.8 Å². The molecule has 0 bridgehead atoms. The fraction of sp³-hybridized carbons (Fsp3) is 0.125. The molecule has 3 rings (SSSR count). The summed E-state index contributed by atoms with van der Waals surface area (Å²) in [6.07, 6.45) is 0. The van der Waals surface area contributed by atoms with E-state index in [2.05, 4.69) is 4.98 Å². The van der Waals surface area contributed by atoms with Gasteiger partial charge in [-0.1, -0.05) is 18.2 Å². The molecule has 0 aliphatic carbocycles. The zero-order chi connectivity index (χ0) is 13.4. The molecule has 0 unspecified atom stereocenters. The number of hydrogen-bond acceptors (Lipinski definition) is 3. The number of carbonyl (C=O) groups is 1. The number of benzene rings is 1. The van der Waals surface area contributed by atoms with Crippen molar-refractivity contribution < 1.29 is 4.79 Å². The number of ketones is 1. The maximum absolute atomic E-state index is 12.6. The van der Waals surface area contributed by atoms with Crippen molar-refractivity contribution in [3.63, 3.8) is 0 Å². The molecule has 0 radical (unpaired) electrons. The molecule has 3 heteroatoms. The Morgan fingerprint density at radius 2 is 1.95 bits per heavy atom. The van der Waals surface area contributed by atoms with Crippen molar-refractivity contribution in [3.05, 3.63) is 63.5 Å². The van der Waals surface area contributed by atoms with Crippen LogP contribution in [-0.4, -0.2) is 10.8 Å². The first kappa shape index (κ1) is 12.1. The second-order valence-electron chi connectivity index (χ2n) is 4.60. The molecule has 0 saturated heterocycles. The maximum atomic E-state index is 12.6. The molecule has 0 amide bonds. The zero-order valence-electron chi connectivity index (χ0n) is 10.8. The fourth-order valence-corrected chi connectivity index (χ4v) is 2.90. The van der Waals surface area contributed by atoms with Crippen LogP contribution in [0.3, 0.4) is 0 Å². The van der Waals surface area contributed by atoms with Gasteiger partial charge in [-0.2, -0.15) is 0 Å². The molecule has 2 aromatic heterocycles. The third-order valence-corrected chi connectivity index (χ3v) is 3.94. The van der Waals surface area contributed by atoms with Gasteiger partial charge in [-0.3, -0.25) is 9.78 Å². The van der Waals surface area contributed by atoms with E-state index in [4.69, 9.17) is 0 Å². The Morgan fingerprint density at radius 3 is 2.68 bits per heavy atom. The summed E-state index contributed by atoms with van der Waals surface area (Å²) < 4.78 is 0. The molecular formula is C16H13NOS. The van der Waals surface area contributed by atoms with Gasteiger partial charge in [0.25, 0.3) is 0 Å². The van der Waals surface area contributed by atoms with Crippen LogP contribution in [0.1, 0.15) is 26.5 Å². The number of nitrogens with zero attached hydrogens (tertiary/aromatic N) is 1. The number of aryl methyl sites for hydroxylation is 2. The Bertz CT molecular complexity index is 773. The number of para-hydroxylation sites is 1. The molecule has 94 valence electrons. The van der Waals surface area contributed by atoms with Crippen LogP contribution >= 0.6 is 11.3 Å². The highest BCUT2D eigenvalue weighted by Gasteiger charge is 2.14. The number of rotatable bonds is 2. The Hall–Kier alpha value is -2.00. The van der Waals surface area contributed by atoms with E-state index in [-0.39, 0.29) is 5.78 Å². The van der Waals surface area contributed by atoms with Gasteiger partial charge >= 0.3 is 0 Å². The summed E-state index contributed by atoms with van der Waals surface area (Å²) in [6.45, 7) is 3.93. The van der Waals surface area contributed by atoms with Crippen LogP contribution in [0.15, 0.2) is 41.8 Å². The minimum atomic E-state index is 0.0750. The van der Waals surface area contributed by atoms with Crippen LogP contribution in [0.5, 0.6) is 0 Å². The van der Waals surface area contributed by atoms with Crippen molar-refractivity contribution in [2.45, 2.75) is 13.8 Å². The Balaban J connectivity index is 2.22. The van der Waals surface area contributed by atoms with Gasteiger partial charge in [0, 0.05) is 32.5 Å². The van der Waals surface area contributed by atoms with Gasteiger partial charge in [0.2, 0.25) is 0 Å². The van der Waals surface area contributed by atoms with Gasteiger partial charge in [0.05, 0.1) is 5.52 Å². The average Bonchev–Trinajstić information content (AvgIpc) is 2.83. The summed E-state index contributed by atoms with van der Waals surface area (Å²) in [5.74, 6) is 0.0750. The minimum Gasteiger partial charge on any atom is -0.289 e. The number of thiophene rings is 1. The number of fused-ring (bicyclic) bond motifs is 1. The van der Waals surface area contributed by atoms with Crippen LogP contribution in [-0.2, 0) is 0 Å². The van der Waals surface area contributed by atoms with Crippen LogP contribution in [0.25, 0.3) is 10.9 Å². The van der Waals surface area contributed by atoms with E-state index in [1.54, 1.807) is 11.3 Å². The topological polar surface area (TPSA) is 30.0 Å². The molecule has 19 heavy (non-hydrogen) atoms. The van der Waals surface area contributed by atoms with Crippen molar-refractivity contribution >= 4 is 28.0 Å². The summed E-state index contributed by atoms with van der Waals surface area (Å²) in [7, 11) is 0. The van der Waals surface area contributed by atoms with E-state index in [9.17, 15) is 4.79 Å². The Kier molecular flexibility index (Phi) is 2.91. The summed E-state index contributed by atoms with van der Waals surface area (Å²) in [5.41, 5.74) is 3.24. The number of carbonyl (C=O) groups excluding carboxylic acids is 1. The standard InChI is InChI=1S/C16H13NOS/c1-10-7-14(13-5-3-4-6-15(13)17-10)16(18)12-8-11(2)19-9-12/h3-9H,1-2H3. The maximum Gasteiger partial charge on any atom is 0.194 e. The first-order valence-electron chi connectivity index (χ1n) is 6.11. The average molecular weight is 267 g/mol. The summed E-state index contributed by atoms with van der Waals surface area (Å²) >= 11 is 1.60. The molecule has 0 aliphatic rings. The highest BCUT2D eigenvalue weighted by Crippen LogP contribution is 2.23. The normalized spacial score (nSPS) is 10.8. The van der Waals surface area contributed by atoms with Crippen molar-refractivity contribution in [1.29, 1.82) is 0 Å². The molecule has 0 N–H and O–H groups in total. The zero-order valence-corrected chi connectivity index (χ0v) is 11.6. The van der Waals surface area contributed by atoms with Gasteiger partial charge in [-0.15, -0.1) is 11.3 Å². The third-order valence-electron chi connectivity index (χ3n) is 3.08. The van der Waals surface area contributed by atoms with Gasteiger partial charge < -0.3 is 0 Å². The number of aromatic nitrogens is 1. The lowest BCUT2D eigenvalue weighted by Crippen LogP contribution is -2.02. The number of hydrogen-bond donors (Lipinski definition) is 0. The summed E-state index contributed by atoms with van der Waals surface area (Å²) in [5, 5.41) is 2.84. The van der Waals surface area contributed by atoms with E-state index >= 15 is 0 Å². The molecule has 0 atom stereocenters. The minimum absolute atomic E-state index is 0.0750. The quantitative estimate of drug-likeness (QED) is 0.653. The van der Waals surface area contributed by atoms with Crippen molar-refractivity contribution in [1.82, 2.24) is 4.98 Å². The molecule has 0 spiro atoms. The molecule has 0 aliphatic heterocycles.